The number of allylic oxidation sites excluding steroid dienone is 2. The molecule has 2 fully saturated rings. The summed E-state index contributed by atoms with van der Waals surface area (Å²) in [5.74, 6) is 0.818. The lowest BCUT2D eigenvalue weighted by Gasteiger charge is -2.62. The van der Waals surface area contributed by atoms with Gasteiger partial charge in [0.05, 0.1) is 12.5 Å². The fraction of sp³-hybridized carbons (Fsp3) is 0.903. The van der Waals surface area contributed by atoms with Crippen LogP contribution in [0.4, 0.5) is 4.39 Å². The van der Waals surface area contributed by atoms with Crippen LogP contribution in [0.3, 0.4) is 0 Å². The van der Waals surface area contributed by atoms with Crippen LogP contribution in [0.15, 0.2) is 11.1 Å². The molecule has 0 aromatic heterocycles. The van der Waals surface area contributed by atoms with Crippen LogP contribution in [0.1, 0.15) is 119 Å². The second kappa shape index (κ2) is 9.14. The molecule has 0 bridgehead atoms. The van der Waals surface area contributed by atoms with Gasteiger partial charge in [-0.25, -0.2) is 4.39 Å². The number of aliphatic carboxylic acids is 1. The van der Waals surface area contributed by atoms with Crippen LogP contribution in [0.5, 0.6) is 0 Å². The number of aliphatic hydroxyl groups is 1. The van der Waals surface area contributed by atoms with Crippen molar-refractivity contribution in [1.29, 1.82) is 0 Å². The minimum atomic E-state index is -1.09. The van der Waals surface area contributed by atoms with Crippen molar-refractivity contribution in [3.05, 3.63) is 11.1 Å². The van der Waals surface area contributed by atoms with Gasteiger partial charge < -0.3 is 10.2 Å². The number of rotatable bonds is 7. The fourth-order valence-corrected chi connectivity index (χ4v) is 10.1. The Morgan fingerprint density at radius 2 is 1.71 bits per heavy atom. The van der Waals surface area contributed by atoms with E-state index in [1.165, 1.54) is 24.0 Å². The molecule has 0 aromatic rings. The summed E-state index contributed by atoms with van der Waals surface area (Å²) in [6, 6.07) is 0. The molecule has 0 spiro atoms. The van der Waals surface area contributed by atoms with E-state index >= 15 is 4.39 Å². The maximum absolute atomic E-state index is 16.6. The van der Waals surface area contributed by atoms with E-state index in [2.05, 4.69) is 48.5 Å². The zero-order valence-corrected chi connectivity index (χ0v) is 23.4. The summed E-state index contributed by atoms with van der Waals surface area (Å²) in [6.45, 7) is 15.8. The van der Waals surface area contributed by atoms with Gasteiger partial charge in [-0.2, -0.15) is 0 Å². The second-order valence-corrected chi connectivity index (χ2v) is 14.4. The number of halogens is 1. The number of hydrogen-bond acceptors (Lipinski definition) is 2. The molecule has 0 aromatic carbocycles. The largest absolute Gasteiger partial charge is 0.481 e. The minimum Gasteiger partial charge on any atom is -0.481 e. The molecule has 200 valence electrons. The third kappa shape index (κ3) is 3.94. The summed E-state index contributed by atoms with van der Waals surface area (Å²) in [5.41, 5.74) is 1.13. The standard InChI is InChI=1S/C31H51FO3/c1-19(2)9-8-10-20(3)23-17-25(32)31(18-27(34)35)22-11-12-24-28(4,5)26(33)14-15-29(24,6)21(22)13-16-30(23,31)7/h19-20,23-26,33H,8-18H2,1-7H3,(H,34,35)/t20-,23-,24+,25?,26+,29-,30-,31-/m1/s1. The van der Waals surface area contributed by atoms with E-state index in [4.69, 9.17) is 0 Å². The molecule has 0 heterocycles. The van der Waals surface area contributed by atoms with Gasteiger partial charge in [0.1, 0.15) is 6.17 Å². The highest BCUT2D eigenvalue weighted by Gasteiger charge is 2.69. The predicted octanol–water partition coefficient (Wildman–Crippen LogP) is 7.96. The Labute approximate surface area is 213 Å². The summed E-state index contributed by atoms with van der Waals surface area (Å²) in [6.07, 6.45) is 7.78. The Morgan fingerprint density at radius 3 is 2.34 bits per heavy atom. The summed E-state index contributed by atoms with van der Waals surface area (Å²) < 4.78 is 16.6. The quantitative estimate of drug-likeness (QED) is 0.356. The first-order valence-corrected chi connectivity index (χ1v) is 14.5. The van der Waals surface area contributed by atoms with Crippen molar-refractivity contribution in [2.45, 2.75) is 131 Å². The first kappa shape index (κ1) is 27.1. The van der Waals surface area contributed by atoms with Crippen molar-refractivity contribution in [2.24, 2.45) is 45.3 Å². The minimum absolute atomic E-state index is 0.0656. The summed E-state index contributed by atoms with van der Waals surface area (Å²) in [7, 11) is 0. The van der Waals surface area contributed by atoms with Gasteiger partial charge in [0.2, 0.25) is 0 Å². The van der Waals surface area contributed by atoms with E-state index in [0.717, 1.165) is 44.9 Å². The number of fused-ring (bicyclic) bond motifs is 4. The molecule has 0 radical (unpaired) electrons. The second-order valence-electron chi connectivity index (χ2n) is 14.4. The average molecular weight is 491 g/mol. The van der Waals surface area contributed by atoms with E-state index in [1.54, 1.807) is 0 Å². The molecule has 4 aliphatic carbocycles. The van der Waals surface area contributed by atoms with E-state index < -0.39 is 17.6 Å². The summed E-state index contributed by atoms with van der Waals surface area (Å²) >= 11 is 0. The SMILES string of the molecule is CC(C)CCC[C@@H](C)[C@H]1CC(F)[C@@]2(CC(=O)O)C3=C(CC[C@]12C)[C@@]1(C)CC[C@H](O)C(C)(C)[C@@H]1CC3. The molecule has 3 nitrogen and oxygen atoms in total. The van der Waals surface area contributed by atoms with Crippen molar-refractivity contribution in [1.82, 2.24) is 0 Å². The monoisotopic (exact) mass is 490 g/mol. The molecule has 2 N–H and O–H groups in total. The Morgan fingerprint density at radius 1 is 1.03 bits per heavy atom. The lowest BCUT2D eigenvalue weighted by molar-refractivity contribution is -0.144. The van der Waals surface area contributed by atoms with Crippen LogP contribution in [-0.2, 0) is 4.79 Å². The van der Waals surface area contributed by atoms with Crippen LogP contribution in [0, 0.1) is 45.3 Å². The van der Waals surface area contributed by atoms with Gasteiger partial charge >= 0.3 is 5.97 Å². The fourth-order valence-electron chi connectivity index (χ4n) is 10.1. The third-order valence-corrected chi connectivity index (χ3v) is 12.0. The van der Waals surface area contributed by atoms with Crippen LogP contribution in [0.2, 0.25) is 0 Å². The molecular formula is C31H51FO3. The maximum Gasteiger partial charge on any atom is 0.304 e. The number of hydrogen-bond donors (Lipinski definition) is 2. The smallest absolute Gasteiger partial charge is 0.304 e. The molecule has 35 heavy (non-hydrogen) atoms. The van der Waals surface area contributed by atoms with Gasteiger partial charge in [0.15, 0.2) is 0 Å². The highest BCUT2D eigenvalue weighted by Crippen LogP contribution is 2.74. The molecule has 0 amide bonds. The molecular weight excluding hydrogens is 439 g/mol. The van der Waals surface area contributed by atoms with Gasteiger partial charge in [0, 0.05) is 5.41 Å². The molecule has 0 saturated heterocycles. The lowest BCUT2D eigenvalue weighted by atomic mass is 9.42. The number of aliphatic hydroxyl groups excluding tert-OH is 1. The molecule has 2 saturated carbocycles. The molecule has 8 atom stereocenters. The van der Waals surface area contributed by atoms with Crippen LogP contribution in [-0.4, -0.2) is 28.5 Å². The Kier molecular flexibility index (Phi) is 7.09. The Hall–Kier alpha value is -0.900. The lowest BCUT2D eigenvalue weighted by Crippen LogP contribution is -2.57. The summed E-state index contributed by atoms with van der Waals surface area (Å²) in [4.78, 5) is 12.4. The predicted molar refractivity (Wildman–Crippen MR) is 140 cm³/mol. The normalized spacial score (nSPS) is 43.5. The number of carboxylic acids is 1. The topological polar surface area (TPSA) is 57.5 Å². The maximum atomic E-state index is 16.6. The average Bonchev–Trinajstić information content (AvgIpc) is 2.98. The van der Waals surface area contributed by atoms with E-state index in [0.29, 0.717) is 24.2 Å². The zero-order valence-electron chi connectivity index (χ0n) is 23.4. The molecule has 4 aliphatic rings. The van der Waals surface area contributed by atoms with Crippen LogP contribution in [0.25, 0.3) is 0 Å². The van der Waals surface area contributed by atoms with Crippen molar-refractivity contribution in [2.75, 3.05) is 0 Å². The van der Waals surface area contributed by atoms with E-state index in [1.807, 2.05) is 0 Å². The highest BCUT2D eigenvalue weighted by molar-refractivity contribution is 5.70. The van der Waals surface area contributed by atoms with Crippen LogP contribution >= 0.6 is 0 Å². The summed E-state index contributed by atoms with van der Waals surface area (Å²) in [5, 5.41) is 21.0. The van der Waals surface area contributed by atoms with Crippen LogP contribution < -0.4 is 0 Å². The van der Waals surface area contributed by atoms with Gasteiger partial charge in [-0.3, -0.25) is 4.79 Å². The molecule has 4 heteroatoms. The molecule has 1 unspecified atom stereocenters. The van der Waals surface area contributed by atoms with Gasteiger partial charge in [0.25, 0.3) is 0 Å². The van der Waals surface area contributed by atoms with Crippen molar-refractivity contribution in [3.63, 3.8) is 0 Å². The van der Waals surface area contributed by atoms with Crippen molar-refractivity contribution in [3.8, 4) is 0 Å². The molecule has 4 rings (SSSR count). The first-order chi connectivity index (χ1) is 16.2. The van der Waals surface area contributed by atoms with Crippen molar-refractivity contribution < 1.29 is 19.4 Å². The Bertz CT molecular complexity index is 861. The zero-order chi connectivity index (χ0) is 26.0. The van der Waals surface area contributed by atoms with E-state index in [9.17, 15) is 15.0 Å². The molecule has 0 aliphatic heterocycles. The number of carbonyl (C=O) groups is 1. The third-order valence-electron chi connectivity index (χ3n) is 12.0. The number of alkyl halides is 1. The first-order valence-electron chi connectivity index (χ1n) is 14.5. The van der Waals surface area contributed by atoms with E-state index in [-0.39, 0.29) is 34.7 Å². The van der Waals surface area contributed by atoms with Crippen molar-refractivity contribution >= 4 is 5.97 Å². The van der Waals surface area contributed by atoms with Gasteiger partial charge in [-0.15, -0.1) is 0 Å². The number of carboxylic acid groups (broad SMARTS) is 1. The highest BCUT2D eigenvalue weighted by atomic mass is 19.1. The van der Waals surface area contributed by atoms with Gasteiger partial charge in [-0.1, -0.05) is 78.9 Å². The Balaban J connectivity index is 1.77. The van der Waals surface area contributed by atoms with Gasteiger partial charge in [-0.05, 0) is 84.9 Å².